The van der Waals surface area contributed by atoms with Gasteiger partial charge in [0.15, 0.2) is 0 Å². The van der Waals surface area contributed by atoms with Crippen LogP contribution in [0.15, 0.2) is 103 Å². The number of carbonyl (C=O) groups excluding carboxylic acids is 2. The van der Waals surface area contributed by atoms with Crippen molar-refractivity contribution in [3.8, 4) is 11.1 Å². The van der Waals surface area contributed by atoms with Crippen LogP contribution in [-0.4, -0.2) is 28.9 Å². The number of halogens is 2. The van der Waals surface area contributed by atoms with Crippen molar-refractivity contribution in [3.63, 3.8) is 0 Å². The molecule has 0 saturated heterocycles. The van der Waals surface area contributed by atoms with Gasteiger partial charge in [-0.25, -0.2) is 9.18 Å². The lowest BCUT2D eigenvalue weighted by Gasteiger charge is -2.19. The van der Waals surface area contributed by atoms with E-state index in [4.69, 9.17) is 11.6 Å². The fourth-order valence-electron chi connectivity index (χ4n) is 5.03. The molecule has 228 valence electrons. The van der Waals surface area contributed by atoms with Gasteiger partial charge in [0.05, 0.1) is 16.3 Å². The highest BCUT2D eigenvalue weighted by molar-refractivity contribution is 6.31. The Hall–Kier alpha value is -5.01. The minimum atomic E-state index is -1.25. The number of hydrogen-bond donors (Lipinski definition) is 3. The number of rotatable bonds is 8. The third-order valence-electron chi connectivity index (χ3n) is 7.64. The number of carboxylic acids is 1. The van der Waals surface area contributed by atoms with Gasteiger partial charge in [0.2, 0.25) is 0 Å². The van der Waals surface area contributed by atoms with E-state index in [2.05, 4.69) is 31.4 Å². The summed E-state index contributed by atoms with van der Waals surface area (Å²) in [5.41, 5.74) is 4.01. The molecule has 0 spiro atoms. The average Bonchev–Trinajstić information content (AvgIpc) is 3.01. The number of nitrogens with one attached hydrogen (secondary N) is 2. The molecule has 0 aliphatic carbocycles. The molecule has 0 unspecified atom stereocenters. The van der Waals surface area contributed by atoms with Gasteiger partial charge in [0, 0.05) is 12.0 Å². The number of aliphatic carboxylic acids is 1. The number of anilines is 1. The van der Waals surface area contributed by atoms with E-state index in [9.17, 15) is 23.9 Å². The molecule has 0 aliphatic heterocycles. The Morgan fingerprint density at radius 3 is 2.02 bits per heavy atom. The van der Waals surface area contributed by atoms with Gasteiger partial charge in [0.1, 0.15) is 11.9 Å². The van der Waals surface area contributed by atoms with Gasteiger partial charge in [-0.05, 0) is 74.8 Å². The molecule has 0 heterocycles. The second-order valence-electron chi connectivity index (χ2n) is 11.9. The number of hydrogen-bond acceptors (Lipinski definition) is 3. The summed E-state index contributed by atoms with van der Waals surface area (Å²) in [7, 11) is 0. The summed E-state index contributed by atoms with van der Waals surface area (Å²) in [5, 5.41) is 17.1. The summed E-state index contributed by atoms with van der Waals surface area (Å²) in [4.78, 5) is 39.1. The molecule has 8 heteroatoms. The highest BCUT2D eigenvalue weighted by Crippen LogP contribution is 2.28. The lowest BCUT2D eigenvalue weighted by Crippen LogP contribution is -2.42. The zero-order valence-electron chi connectivity index (χ0n) is 25.0. The van der Waals surface area contributed by atoms with Gasteiger partial charge in [-0.1, -0.05) is 99.1 Å². The number of amides is 2. The molecule has 1 atom stereocenters. The molecule has 0 saturated carbocycles. The first-order chi connectivity index (χ1) is 21.4. The molecule has 6 nitrogen and oxygen atoms in total. The van der Waals surface area contributed by atoms with Crippen LogP contribution in [-0.2, 0) is 16.6 Å². The maximum Gasteiger partial charge on any atom is 0.326 e. The third kappa shape index (κ3) is 7.39. The minimum absolute atomic E-state index is 0.00733. The number of fused-ring (bicyclic) bond motifs is 1. The predicted octanol–water partition coefficient (Wildman–Crippen LogP) is 8.27. The zero-order chi connectivity index (χ0) is 32.3. The molecule has 0 fully saturated rings. The Morgan fingerprint density at radius 2 is 1.42 bits per heavy atom. The van der Waals surface area contributed by atoms with Crippen molar-refractivity contribution in [2.24, 2.45) is 0 Å². The Bertz CT molecular complexity index is 1900. The van der Waals surface area contributed by atoms with Gasteiger partial charge < -0.3 is 15.7 Å². The van der Waals surface area contributed by atoms with Gasteiger partial charge in [0.25, 0.3) is 11.8 Å². The van der Waals surface area contributed by atoms with Crippen LogP contribution in [0.2, 0.25) is 5.02 Å². The van der Waals surface area contributed by atoms with Crippen molar-refractivity contribution in [2.75, 3.05) is 5.32 Å². The number of benzene rings is 5. The van der Waals surface area contributed by atoms with Crippen LogP contribution in [0.3, 0.4) is 0 Å². The topological polar surface area (TPSA) is 95.5 Å². The van der Waals surface area contributed by atoms with Gasteiger partial charge >= 0.3 is 5.97 Å². The van der Waals surface area contributed by atoms with E-state index in [0.29, 0.717) is 16.7 Å². The standard InChI is InChI=1S/C37H32ClFN2O4/c1-37(2,3)28-15-12-24(13-16-28)34(42)40-32-21-26-7-5-4-6-25(26)19-29(32)35(43)41-33(36(44)45)18-22-8-10-23(11-9-22)27-14-17-31(39)30(38)20-27/h4-17,19-21,33H,18H2,1-3H3,(H,40,42)(H,41,43)(H,44,45)/t33-/m0/s1. The number of carboxylic acid groups (broad SMARTS) is 1. The van der Waals surface area contributed by atoms with E-state index in [0.717, 1.165) is 21.9 Å². The quantitative estimate of drug-likeness (QED) is 0.162. The molecule has 0 bridgehead atoms. The van der Waals surface area contributed by atoms with E-state index in [1.165, 1.54) is 12.1 Å². The summed E-state index contributed by atoms with van der Waals surface area (Å²) in [6.07, 6.45) is 0.0148. The Balaban J connectivity index is 1.37. The fraction of sp³-hybridized carbons (Fsp3) is 0.162. The van der Waals surface area contributed by atoms with Gasteiger partial charge in [-0.2, -0.15) is 0 Å². The van der Waals surface area contributed by atoms with Crippen LogP contribution in [0.5, 0.6) is 0 Å². The Morgan fingerprint density at radius 1 is 0.800 bits per heavy atom. The van der Waals surface area contributed by atoms with Crippen molar-refractivity contribution < 1.29 is 23.9 Å². The molecule has 5 rings (SSSR count). The highest BCUT2D eigenvalue weighted by Gasteiger charge is 2.24. The second-order valence-corrected chi connectivity index (χ2v) is 12.3. The van der Waals surface area contributed by atoms with Crippen LogP contribution in [0, 0.1) is 5.82 Å². The van der Waals surface area contributed by atoms with Crippen molar-refractivity contribution in [3.05, 3.63) is 136 Å². The molecular formula is C37H32ClFN2O4. The van der Waals surface area contributed by atoms with E-state index in [-0.39, 0.29) is 28.1 Å². The number of carbonyl (C=O) groups is 3. The minimum Gasteiger partial charge on any atom is -0.480 e. The van der Waals surface area contributed by atoms with Crippen LogP contribution < -0.4 is 10.6 Å². The van der Waals surface area contributed by atoms with Crippen molar-refractivity contribution >= 4 is 45.8 Å². The van der Waals surface area contributed by atoms with Crippen LogP contribution in [0.25, 0.3) is 21.9 Å². The second kappa shape index (κ2) is 12.9. The molecule has 5 aromatic carbocycles. The van der Waals surface area contributed by atoms with Crippen LogP contribution in [0.4, 0.5) is 10.1 Å². The first-order valence-electron chi connectivity index (χ1n) is 14.4. The van der Waals surface area contributed by atoms with Crippen molar-refractivity contribution in [1.82, 2.24) is 5.32 Å². The molecule has 2 amide bonds. The highest BCUT2D eigenvalue weighted by atomic mass is 35.5. The molecule has 45 heavy (non-hydrogen) atoms. The smallest absolute Gasteiger partial charge is 0.326 e. The molecule has 5 aromatic rings. The largest absolute Gasteiger partial charge is 0.480 e. The molecule has 0 radical (unpaired) electrons. The van der Waals surface area contributed by atoms with Crippen LogP contribution >= 0.6 is 11.6 Å². The normalized spacial score (nSPS) is 12.0. The summed E-state index contributed by atoms with van der Waals surface area (Å²) in [6, 6.07) is 28.3. The average molecular weight is 623 g/mol. The molecule has 3 N–H and O–H groups in total. The van der Waals surface area contributed by atoms with Gasteiger partial charge in [-0.3, -0.25) is 9.59 Å². The molecular weight excluding hydrogens is 591 g/mol. The van der Waals surface area contributed by atoms with E-state index in [1.807, 2.05) is 36.4 Å². The Labute approximate surface area is 265 Å². The summed E-state index contributed by atoms with van der Waals surface area (Å²) in [5.74, 6) is -2.75. The lowest BCUT2D eigenvalue weighted by atomic mass is 9.86. The molecule has 0 aliphatic rings. The first kappa shape index (κ1) is 31.4. The molecule has 0 aromatic heterocycles. The van der Waals surface area contributed by atoms with E-state index < -0.39 is 29.6 Å². The summed E-state index contributed by atoms with van der Waals surface area (Å²) < 4.78 is 13.6. The maximum atomic E-state index is 13.6. The summed E-state index contributed by atoms with van der Waals surface area (Å²) in [6.45, 7) is 6.27. The SMILES string of the molecule is CC(C)(C)c1ccc(C(=O)Nc2cc3ccccc3cc2C(=O)N[C@@H](Cc2ccc(-c3ccc(F)c(Cl)c3)cc2)C(=O)O)cc1. The maximum absolute atomic E-state index is 13.6. The first-order valence-corrected chi connectivity index (χ1v) is 14.8. The Kier molecular flexibility index (Phi) is 9.02. The lowest BCUT2D eigenvalue weighted by molar-refractivity contribution is -0.139. The van der Waals surface area contributed by atoms with Crippen LogP contribution in [0.1, 0.15) is 52.6 Å². The van der Waals surface area contributed by atoms with E-state index in [1.54, 1.807) is 54.6 Å². The summed E-state index contributed by atoms with van der Waals surface area (Å²) >= 11 is 5.92. The monoisotopic (exact) mass is 622 g/mol. The van der Waals surface area contributed by atoms with Gasteiger partial charge in [-0.15, -0.1) is 0 Å². The van der Waals surface area contributed by atoms with Crippen molar-refractivity contribution in [2.45, 2.75) is 38.6 Å². The fourth-order valence-corrected chi connectivity index (χ4v) is 5.21. The third-order valence-corrected chi connectivity index (χ3v) is 7.93. The predicted molar refractivity (Wildman–Crippen MR) is 176 cm³/mol. The van der Waals surface area contributed by atoms with Crippen molar-refractivity contribution in [1.29, 1.82) is 0 Å². The zero-order valence-corrected chi connectivity index (χ0v) is 25.8. The van der Waals surface area contributed by atoms with E-state index >= 15 is 0 Å².